The minimum atomic E-state index is -4.47. The molecule has 0 saturated heterocycles. The molecule has 4 nitrogen and oxygen atoms in total. The normalized spacial score (nSPS) is 11.8. The summed E-state index contributed by atoms with van der Waals surface area (Å²) in [6.07, 6.45) is -3.36. The number of furan rings is 1. The maximum absolute atomic E-state index is 12.6. The lowest BCUT2D eigenvalue weighted by Gasteiger charge is -2.05. The van der Waals surface area contributed by atoms with Crippen LogP contribution in [0.5, 0.6) is 0 Å². The molecule has 0 bridgehead atoms. The molecule has 3 aromatic rings. The molecule has 0 amide bonds. The first-order valence-electron chi connectivity index (χ1n) is 6.46. The van der Waals surface area contributed by atoms with E-state index in [9.17, 15) is 13.2 Å². The summed E-state index contributed by atoms with van der Waals surface area (Å²) >= 11 is 2.53. The first kappa shape index (κ1) is 16.0. The smallest absolute Gasteiger partial charge is 0.433 e. The zero-order valence-electron chi connectivity index (χ0n) is 11.8. The number of nitrogens with zero attached hydrogens (tertiary/aromatic N) is 3. The average molecular weight is 357 g/mol. The summed E-state index contributed by atoms with van der Waals surface area (Å²) in [5.74, 6) is 1.86. The van der Waals surface area contributed by atoms with E-state index in [2.05, 4.69) is 15.0 Å². The summed E-state index contributed by atoms with van der Waals surface area (Å²) < 4.78 is 43.3. The van der Waals surface area contributed by atoms with Gasteiger partial charge in [0.25, 0.3) is 0 Å². The van der Waals surface area contributed by atoms with E-state index in [0.29, 0.717) is 11.5 Å². The highest BCUT2D eigenvalue weighted by Gasteiger charge is 2.32. The lowest BCUT2D eigenvalue weighted by molar-refractivity contribution is -0.141. The molecule has 0 fully saturated rings. The Labute approximate surface area is 137 Å². The van der Waals surface area contributed by atoms with Gasteiger partial charge in [-0.1, -0.05) is 11.8 Å². The Hall–Kier alpha value is -1.87. The largest absolute Gasteiger partial charge is 0.459 e. The van der Waals surface area contributed by atoms with Gasteiger partial charge in [0.1, 0.15) is 11.5 Å². The summed E-state index contributed by atoms with van der Waals surface area (Å²) in [7, 11) is 0. The van der Waals surface area contributed by atoms with Crippen molar-refractivity contribution in [3.8, 4) is 10.8 Å². The van der Waals surface area contributed by atoms with Crippen LogP contribution in [-0.4, -0.2) is 15.0 Å². The fraction of sp³-hybridized carbons (Fsp3) is 0.214. The minimum absolute atomic E-state index is 0.0724. The van der Waals surface area contributed by atoms with Crippen molar-refractivity contribution in [1.29, 1.82) is 0 Å². The topological polar surface area (TPSA) is 51.8 Å². The van der Waals surface area contributed by atoms with Gasteiger partial charge in [0, 0.05) is 17.3 Å². The maximum Gasteiger partial charge on any atom is 0.433 e. The Morgan fingerprint density at radius 2 is 2.04 bits per heavy atom. The van der Waals surface area contributed by atoms with E-state index in [1.807, 2.05) is 24.4 Å². The number of halogens is 3. The van der Waals surface area contributed by atoms with Crippen molar-refractivity contribution < 1.29 is 17.6 Å². The van der Waals surface area contributed by atoms with Crippen LogP contribution in [0.25, 0.3) is 10.8 Å². The van der Waals surface area contributed by atoms with Gasteiger partial charge in [-0.15, -0.1) is 11.3 Å². The molecule has 0 aromatic carbocycles. The summed E-state index contributed by atoms with van der Waals surface area (Å²) in [6.45, 7) is 1.85. The zero-order valence-corrected chi connectivity index (χ0v) is 13.4. The molecule has 3 rings (SSSR count). The van der Waals surface area contributed by atoms with Gasteiger partial charge in [0.05, 0.1) is 5.69 Å². The number of thiazole rings is 1. The van der Waals surface area contributed by atoms with Gasteiger partial charge in [-0.25, -0.2) is 15.0 Å². The fourth-order valence-electron chi connectivity index (χ4n) is 1.74. The van der Waals surface area contributed by atoms with Gasteiger partial charge in [-0.2, -0.15) is 13.2 Å². The highest BCUT2D eigenvalue weighted by atomic mass is 32.2. The Bertz CT molecular complexity index is 813. The van der Waals surface area contributed by atoms with E-state index in [1.165, 1.54) is 11.3 Å². The first-order chi connectivity index (χ1) is 10.9. The molecule has 0 aliphatic heterocycles. The van der Waals surface area contributed by atoms with E-state index in [4.69, 9.17) is 4.42 Å². The van der Waals surface area contributed by atoms with Gasteiger partial charge < -0.3 is 4.42 Å². The van der Waals surface area contributed by atoms with Gasteiger partial charge in [0.15, 0.2) is 15.9 Å². The lowest BCUT2D eigenvalue weighted by atomic mass is 10.4. The number of aromatic nitrogens is 3. The van der Waals surface area contributed by atoms with E-state index < -0.39 is 11.9 Å². The third-order valence-corrected chi connectivity index (χ3v) is 4.58. The van der Waals surface area contributed by atoms with Crippen molar-refractivity contribution in [3.63, 3.8) is 0 Å². The van der Waals surface area contributed by atoms with E-state index in [-0.39, 0.29) is 5.16 Å². The van der Waals surface area contributed by atoms with Crippen molar-refractivity contribution in [2.24, 2.45) is 0 Å². The van der Waals surface area contributed by atoms with Crippen LogP contribution in [0.3, 0.4) is 0 Å². The zero-order chi connectivity index (χ0) is 16.4. The van der Waals surface area contributed by atoms with Crippen LogP contribution < -0.4 is 0 Å². The fourth-order valence-corrected chi connectivity index (χ4v) is 3.35. The summed E-state index contributed by atoms with van der Waals surface area (Å²) in [5.41, 5.74) is -0.204. The van der Waals surface area contributed by atoms with E-state index >= 15 is 0 Å². The molecule has 23 heavy (non-hydrogen) atoms. The standard InChI is InChI=1S/C14H10F3N3OS2/c1-8-2-3-10(21-8)12-19-9(6-22-12)7-23-13-18-5-4-11(20-13)14(15,16)17/h2-6H,7H2,1H3. The second-order valence-electron chi connectivity index (χ2n) is 4.57. The Balaban J connectivity index is 1.68. The van der Waals surface area contributed by atoms with Crippen molar-refractivity contribution in [2.45, 2.75) is 24.0 Å². The van der Waals surface area contributed by atoms with Gasteiger partial charge in [0.2, 0.25) is 0 Å². The van der Waals surface area contributed by atoms with Crippen LogP contribution in [0.4, 0.5) is 13.2 Å². The molecule has 0 aliphatic rings. The molecule has 0 atom stereocenters. The van der Waals surface area contributed by atoms with Crippen molar-refractivity contribution >= 4 is 23.1 Å². The predicted octanol–water partition coefficient (Wildman–Crippen LogP) is 4.81. The minimum Gasteiger partial charge on any atom is -0.459 e. The number of alkyl halides is 3. The molecule has 0 aliphatic carbocycles. The molecule has 3 aromatic heterocycles. The predicted molar refractivity (Wildman–Crippen MR) is 81.1 cm³/mol. The third kappa shape index (κ3) is 3.91. The molecule has 0 unspecified atom stereocenters. The first-order valence-corrected chi connectivity index (χ1v) is 8.32. The summed E-state index contributed by atoms with van der Waals surface area (Å²) in [6, 6.07) is 4.53. The van der Waals surface area contributed by atoms with Crippen molar-refractivity contribution in [3.05, 3.63) is 46.9 Å². The van der Waals surface area contributed by atoms with Gasteiger partial charge >= 0.3 is 6.18 Å². The van der Waals surface area contributed by atoms with Crippen LogP contribution in [0.15, 0.2) is 39.3 Å². The van der Waals surface area contributed by atoms with Crippen molar-refractivity contribution in [2.75, 3.05) is 0 Å². The van der Waals surface area contributed by atoms with Gasteiger partial charge in [-0.3, -0.25) is 0 Å². The lowest BCUT2D eigenvalue weighted by Crippen LogP contribution is -2.08. The number of aryl methyl sites for hydroxylation is 1. The second-order valence-corrected chi connectivity index (χ2v) is 6.37. The number of rotatable bonds is 4. The molecule has 0 radical (unpaired) electrons. The number of hydrogen-bond donors (Lipinski definition) is 0. The molecular weight excluding hydrogens is 347 g/mol. The monoisotopic (exact) mass is 357 g/mol. The number of hydrogen-bond acceptors (Lipinski definition) is 6. The third-order valence-electron chi connectivity index (χ3n) is 2.78. The Morgan fingerprint density at radius 1 is 1.22 bits per heavy atom. The van der Waals surface area contributed by atoms with Crippen LogP contribution >= 0.6 is 23.1 Å². The van der Waals surface area contributed by atoms with Crippen LogP contribution in [0, 0.1) is 6.92 Å². The van der Waals surface area contributed by atoms with Crippen LogP contribution in [-0.2, 0) is 11.9 Å². The Morgan fingerprint density at radius 3 is 2.74 bits per heavy atom. The summed E-state index contributed by atoms with van der Waals surface area (Å²) in [4.78, 5) is 11.8. The average Bonchev–Trinajstić information content (AvgIpc) is 3.13. The number of thioether (sulfide) groups is 1. The molecule has 3 heterocycles. The quantitative estimate of drug-likeness (QED) is 0.495. The highest BCUT2D eigenvalue weighted by Crippen LogP contribution is 2.30. The second kappa shape index (κ2) is 6.32. The highest BCUT2D eigenvalue weighted by molar-refractivity contribution is 7.98. The van der Waals surface area contributed by atoms with Crippen LogP contribution in [0.2, 0.25) is 0 Å². The van der Waals surface area contributed by atoms with Crippen molar-refractivity contribution in [1.82, 2.24) is 15.0 Å². The molecular formula is C14H10F3N3OS2. The molecule has 120 valence electrons. The SMILES string of the molecule is Cc1ccc(-c2nc(CSc3nccc(C(F)(F)F)n3)cs2)o1. The molecule has 9 heteroatoms. The maximum atomic E-state index is 12.6. The van der Waals surface area contributed by atoms with Gasteiger partial charge in [-0.05, 0) is 25.1 Å². The molecule has 0 N–H and O–H groups in total. The van der Waals surface area contributed by atoms with E-state index in [1.54, 1.807) is 0 Å². The molecule has 0 spiro atoms. The molecule has 0 saturated carbocycles. The summed E-state index contributed by atoms with van der Waals surface area (Å²) in [5, 5.41) is 2.65. The van der Waals surface area contributed by atoms with Crippen LogP contribution in [0.1, 0.15) is 17.1 Å². The Kier molecular flexibility index (Phi) is 4.40. The van der Waals surface area contributed by atoms with E-state index in [0.717, 1.165) is 40.5 Å².